The van der Waals surface area contributed by atoms with Gasteiger partial charge in [-0.25, -0.2) is 0 Å². The lowest BCUT2D eigenvalue weighted by molar-refractivity contribution is 1.46. The Hall–Kier alpha value is -2.09. The number of aliphatic imine (C=N–C) groups is 1. The van der Waals surface area contributed by atoms with Crippen molar-refractivity contribution in [1.82, 2.24) is 0 Å². The Morgan fingerprint density at radius 1 is 0.826 bits per heavy atom. The largest absolute Gasteiger partial charge is 0.256 e. The zero-order valence-electron chi connectivity index (χ0n) is 12.6. The van der Waals surface area contributed by atoms with Crippen molar-refractivity contribution in [2.45, 2.75) is 6.92 Å². The monoisotopic (exact) mass is 339 g/mol. The fourth-order valence-corrected chi connectivity index (χ4v) is 2.67. The summed E-state index contributed by atoms with van der Waals surface area (Å²) >= 11 is 12.3. The van der Waals surface area contributed by atoms with E-state index in [-0.39, 0.29) is 0 Å². The average molecular weight is 340 g/mol. The maximum Gasteiger partial charge on any atom is 0.0630 e. The van der Waals surface area contributed by atoms with Gasteiger partial charge in [-0.05, 0) is 48.4 Å². The van der Waals surface area contributed by atoms with Crippen molar-refractivity contribution in [2.24, 2.45) is 4.99 Å². The molecule has 0 aliphatic heterocycles. The molecule has 3 aromatic carbocycles. The lowest BCUT2D eigenvalue weighted by Gasteiger charge is -2.08. The van der Waals surface area contributed by atoms with E-state index >= 15 is 0 Å². The second-order valence-corrected chi connectivity index (χ2v) is 6.15. The molecule has 0 aliphatic rings. The van der Waals surface area contributed by atoms with Crippen molar-refractivity contribution in [2.75, 3.05) is 0 Å². The molecule has 0 saturated heterocycles. The number of rotatable bonds is 3. The lowest BCUT2D eigenvalue weighted by Crippen LogP contribution is -1.90. The normalized spacial score (nSPS) is 11.1. The van der Waals surface area contributed by atoms with E-state index in [9.17, 15) is 0 Å². The van der Waals surface area contributed by atoms with E-state index in [1.54, 1.807) is 6.21 Å². The fraction of sp³-hybridized carbons (Fsp3) is 0.0500. The molecule has 0 amide bonds. The Kier molecular flexibility index (Phi) is 4.80. The first kappa shape index (κ1) is 15.8. The summed E-state index contributed by atoms with van der Waals surface area (Å²) in [6.45, 7) is 2.07. The highest BCUT2D eigenvalue weighted by molar-refractivity contribution is 6.33. The molecule has 0 fully saturated rings. The van der Waals surface area contributed by atoms with Crippen molar-refractivity contribution in [1.29, 1.82) is 0 Å². The predicted octanol–water partition coefficient (Wildman–Crippen LogP) is 6.72. The lowest BCUT2D eigenvalue weighted by atomic mass is 9.99. The summed E-state index contributed by atoms with van der Waals surface area (Å²) in [5.74, 6) is 0. The Bertz CT molecular complexity index is 835. The minimum Gasteiger partial charge on any atom is -0.256 e. The third-order valence-corrected chi connectivity index (χ3v) is 4.17. The molecule has 0 N–H and O–H groups in total. The minimum atomic E-state index is 0.681. The van der Waals surface area contributed by atoms with Crippen molar-refractivity contribution in [3.63, 3.8) is 0 Å². The van der Waals surface area contributed by atoms with Crippen LogP contribution in [0.25, 0.3) is 11.1 Å². The molecule has 0 saturated carbocycles. The summed E-state index contributed by atoms with van der Waals surface area (Å²) in [6, 6.07) is 21.7. The molecule has 3 heteroatoms. The quantitative estimate of drug-likeness (QED) is 0.469. The zero-order valence-corrected chi connectivity index (χ0v) is 14.1. The van der Waals surface area contributed by atoms with Crippen LogP contribution in [0.4, 0.5) is 5.69 Å². The van der Waals surface area contributed by atoms with Gasteiger partial charge in [-0.2, -0.15) is 0 Å². The van der Waals surface area contributed by atoms with E-state index in [2.05, 4.69) is 42.2 Å². The average Bonchev–Trinajstić information content (AvgIpc) is 2.56. The first-order valence-corrected chi connectivity index (χ1v) is 8.04. The second kappa shape index (κ2) is 6.99. The molecule has 0 spiro atoms. The molecule has 0 heterocycles. The molecule has 3 rings (SSSR count). The first-order valence-electron chi connectivity index (χ1n) is 7.29. The van der Waals surface area contributed by atoms with Crippen molar-refractivity contribution in [3.8, 4) is 11.1 Å². The highest BCUT2D eigenvalue weighted by Gasteiger charge is 2.07. The van der Waals surface area contributed by atoms with Gasteiger partial charge in [-0.3, -0.25) is 4.99 Å². The zero-order chi connectivity index (χ0) is 16.2. The summed E-state index contributed by atoms with van der Waals surface area (Å²) in [7, 11) is 0. The molecular weight excluding hydrogens is 325 g/mol. The molecule has 0 atom stereocenters. The fourth-order valence-electron chi connectivity index (χ4n) is 2.32. The van der Waals surface area contributed by atoms with Gasteiger partial charge in [0.2, 0.25) is 0 Å². The maximum absolute atomic E-state index is 6.39. The number of hydrogen-bond acceptors (Lipinski definition) is 1. The van der Waals surface area contributed by atoms with Crippen LogP contribution in [0.5, 0.6) is 0 Å². The van der Waals surface area contributed by atoms with Gasteiger partial charge in [-0.1, -0.05) is 65.2 Å². The molecule has 3 aromatic rings. The number of hydrogen-bond donors (Lipinski definition) is 0. The van der Waals surface area contributed by atoms with Crippen LogP contribution in [0.15, 0.2) is 71.7 Å². The SMILES string of the molecule is Cc1ccc(-c2cccc(Cl)c2C=Nc2ccc(Cl)cc2)cc1. The maximum atomic E-state index is 6.39. The van der Waals surface area contributed by atoms with E-state index < -0.39 is 0 Å². The van der Waals surface area contributed by atoms with Crippen LogP contribution in [0, 0.1) is 6.92 Å². The number of aryl methyl sites for hydroxylation is 1. The van der Waals surface area contributed by atoms with Crippen LogP contribution < -0.4 is 0 Å². The molecule has 1 nitrogen and oxygen atoms in total. The third-order valence-electron chi connectivity index (χ3n) is 3.58. The molecule has 0 aromatic heterocycles. The third kappa shape index (κ3) is 3.82. The van der Waals surface area contributed by atoms with E-state index in [4.69, 9.17) is 23.2 Å². The van der Waals surface area contributed by atoms with Gasteiger partial charge >= 0.3 is 0 Å². The molecule has 0 radical (unpaired) electrons. The van der Waals surface area contributed by atoms with E-state index in [1.807, 2.05) is 36.4 Å². The topological polar surface area (TPSA) is 12.4 Å². The molecule has 0 bridgehead atoms. The highest BCUT2D eigenvalue weighted by atomic mass is 35.5. The summed E-state index contributed by atoms with van der Waals surface area (Å²) < 4.78 is 0. The van der Waals surface area contributed by atoms with Crippen molar-refractivity contribution >= 4 is 35.1 Å². The second-order valence-electron chi connectivity index (χ2n) is 5.30. The Balaban J connectivity index is 2.01. The Labute approximate surface area is 146 Å². The number of benzene rings is 3. The van der Waals surface area contributed by atoms with Crippen LogP contribution in [-0.4, -0.2) is 6.21 Å². The smallest absolute Gasteiger partial charge is 0.0630 e. The van der Waals surface area contributed by atoms with Gasteiger partial charge in [0.15, 0.2) is 0 Å². The molecular formula is C20H15Cl2N. The standard InChI is InChI=1S/C20H15Cl2N/c1-14-5-7-15(8-6-14)18-3-2-4-20(22)19(18)13-23-17-11-9-16(21)10-12-17/h2-13H,1H3. The van der Waals surface area contributed by atoms with Gasteiger partial charge < -0.3 is 0 Å². The van der Waals surface area contributed by atoms with E-state index in [0.29, 0.717) is 10.0 Å². The minimum absolute atomic E-state index is 0.681. The van der Waals surface area contributed by atoms with Gasteiger partial charge in [0.05, 0.1) is 5.69 Å². The summed E-state index contributed by atoms with van der Waals surface area (Å²) in [6.07, 6.45) is 1.81. The van der Waals surface area contributed by atoms with E-state index in [1.165, 1.54) is 5.56 Å². The number of halogens is 2. The van der Waals surface area contributed by atoms with Crippen LogP contribution in [0.3, 0.4) is 0 Å². The molecule has 23 heavy (non-hydrogen) atoms. The van der Waals surface area contributed by atoms with Crippen LogP contribution in [0.1, 0.15) is 11.1 Å². The Morgan fingerprint density at radius 2 is 1.52 bits per heavy atom. The van der Waals surface area contributed by atoms with Gasteiger partial charge in [0, 0.05) is 21.8 Å². The summed E-state index contributed by atoms with van der Waals surface area (Å²) in [4.78, 5) is 4.51. The molecule has 0 unspecified atom stereocenters. The summed E-state index contributed by atoms with van der Waals surface area (Å²) in [5, 5.41) is 1.38. The highest BCUT2D eigenvalue weighted by Crippen LogP contribution is 2.29. The van der Waals surface area contributed by atoms with Crippen molar-refractivity contribution < 1.29 is 0 Å². The van der Waals surface area contributed by atoms with E-state index in [0.717, 1.165) is 22.4 Å². The van der Waals surface area contributed by atoms with Crippen LogP contribution >= 0.6 is 23.2 Å². The number of nitrogens with zero attached hydrogens (tertiary/aromatic N) is 1. The van der Waals surface area contributed by atoms with Gasteiger partial charge in [0.25, 0.3) is 0 Å². The summed E-state index contributed by atoms with van der Waals surface area (Å²) in [5.41, 5.74) is 5.16. The predicted molar refractivity (Wildman–Crippen MR) is 100 cm³/mol. The first-order chi connectivity index (χ1) is 11.1. The Morgan fingerprint density at radius 3 is 2.22 bits per heavy atom. The van der Waals surface area contributed by atoms with Crippen LogP contribution in [0.2, 0.25) is 10.0 Å². The van der Waals surface area contributed by atoms with Crippen LogP contribution in [-0.2, 0) is 0 Å². The molecule has 0 aliphatic carbocycles. The molecule has 114 valence electrons. The van der Waals surface area contributed by atoms with Crippen molar-refractivity contribution in [3.05, 3.63) is 87.9 Å². The van der Waals surface area contributed by atoms with Gasteiger partial charge in [0.1, 0.15) is 0 Å². The van der Waals surface area contributed by atoms with Gasteiger partial charge in [-0.15, -0.1) is 0 Å².